The number of hydrogen-bond donors (Lipinski definition) is 2. The van der Waals surface area contributed by atoms with Crippen molar-refractivity contribution in [3.05, 3.63) is 29.8 Å². The number of nitrogens with two attached hydrogens (primary N) is 1. The van der Waals surface area contributed by atoms with Crippen LogP contribution in [0.15, 0.2) is 24.3 Å². The molecule has 0 saturated carbocycles. The molecule has 0 aliphatic rings. The van der Waals surface area contributed by atoms with Crippen molar-refractivity contribution in [2.75, 3.05) is 17.7 Å². The SMILES string of the molecule is CC(C)(CCS(C)(=O)=O)NC(=O)CCc1ccccc1N. The van der Waals surface area contributed by atoms with Crippen molar-refractivity contribution in [1.82, 2.24) is 5.32 Å². The molecule has 0 aliphatic carbocycles. The fraction of sp³-hybridized carbons (Fsp3) is 0.533. The van der Waals surface area contributed by atoms with Gasteiger partial charge in [-0.05, 0) is 38.3 Å². The number of benzene rings is 1. The van der Waals surface area contributed by atoms with E-state index in [1.165, 1.54) is 6.26 Å². The molecule has 0 aliphatic heterocycles. The minimum Gasteiger partial charge on any atom is -0.399 e. The molecule has 3 N–H and O–H groups in total. The summed E-state index contributed by atoms with van der Waals surface area (Å²) < 4.78 is 22.4. The minimum atomic E-state index is -3.02. The monoisotopic (exact) mass is 312 g/mol. The maximum Gasteiger partial charge on any atom is 0.220 e. The third kappa shape index (κ3) is 7.13. The molecule has 0 unspecified atom stereocenters. The fourth-order valence-electron chi connectivity index (χ4n) is 1.95. The summed E-state index contributed by atoms with van der Waals surface area (Å²) in [4.78, 5) is 12.0. The van der Waals surface area contributed by atoms with Gasteiger partial charge in [0.1, 0.15) is 9.84 Å². The maximum atomic E-state index is 12.0. The molecule has 0 spiro atoms. The molecule has 0 bridgehead atoms. The van der Waals surface area contributed by atoms with E-state index in [0.717, 1.165) is 5.56 Å². The van der Waals surface area contributed by atoms with Crippen LogP contribution in [0.25, 0.3) is 0 Å². The van der Waals surface area contributed by atoms with Gasteiger partial charge in [0.15, 0.2) is 0 Å². The highest BCUT2D eigenvalue weighted by Gasteiger charge is 2.22. The lowest BCUT2D eigenvalue weighted by Gasteiger charge is -2.26. The molecule has 0 aromatic heterocycles. The van der Waals surface area contributed by atoms with E-state index in [9.17, 15) is 13.2 Å². The largest absolute Gasteiger partial charge is 0.399 e. The summed E-state index contributed by atoms with van der Waals surface area (Å²) in [7, 11) is -3.02. The highest BCUT2D eigenvalue weighted by molar-refractivity contribution is 7.90. The van der Waals surface area contributed by atoms with Crippen LogP contribution in [0.4, 0.5) is 5.69 Å². The first kappa shape index (κ1) is 17.5. The first-order chi connectivity index (χ1) is 9.59. The molecule has 1 aromatic rings. The van der Waals surface area contributed by atoms with E-state index in [1.807, 2.05) is 38.1 Å². The van der Waals surface area contributed by atoms with Gasteiger partial charge in [-0.3, -0.25) is 4.79 Å². The van der Waals surface area contributed by atoms with E-state index in [0.29, 0.717) is 24.9 Å². The molecular weight excluding hydrogens is 288 g/mol. The van der Waals surface area contributed by atoms with E-state index in [1.54, 1.807) is 0 Å². The number of nitrogen functional groups attached to an aromatic ring is 1. The van der Waals surface area contributed by atoms with Gasteiger partial charge >= 0.3 is 0 Å². The lowest BCUT2D eigenvalue weighted by molar-refractivity contribution is -0.122. The smallest absolute Gasteiger partial charge is 0.220 e. The second kappa shape index (κ2) is 6.93. The summed E-state index contributed by atoms with van der Waals surface area (Å²) in [5, 5.41) is 2.87. The molecule has 1 aromatic carbocycles. The number of rotatable bonds is 7. The minimum absolute atomic E-state index is 0.0614. The summed E-state index contributed by atoms with van der Waals surface area (Å²) in [6.45, 7) is 3.65. The van der Waals surface area contributed by atoms with Gasteiger partial charge in [-0.15, -0.1) is 0 Å². The van der Waals surface area contributed by atoms with Crippen molar-refractivity contribution < 1.29 is 13.2 Å². The highest BCUT2D eigenvalue weighted by Crippen LogP contribution is 2.14. The van der Waals surface area contributed by atoms with Crippen molar-refractivity contribution in [3.63, 3.8) is 0 Å². The number of anilines is 1. The molecule has 0 radical (unpaired) electrons. The van der Waals surface area contributed by atoms with Gasteiger partial charge in [-0.25, -0.2) is 8.42 Å². The van der Waals surface area contributed by atoms with Crippen molar-refractivity contribution in [1.29, 1.82) is 0 Å². The van der Waals surface area contributed by atoms with E-state index in [2.05, 4.69) is 5.32 Å². The molecule has 0 fully saturated rings. The first-order valence-electron chi connectivity index (χ1n) is 6.91. The normalized spacial score (nSPS) is 12.1. The van der Waals surface area contributed by atoms with Crippen LogP contribution in [-0.2, 0) is 21.1 Å². The Labute approximate surface area is 126 Å². The lowest BCUT2D eigenvalue weighted by atomic mass is 10.0. The molecule has 5 nitrogen and oxygen atoms in total. The summed E-state index contributed by atoms with van der Waals surface area (Å²) in [5.41, 5.74) is 6.92. The Morgan fingerprint density at radius 3 is 2.48 bits per heavy atom. The average molecular weight is 312 g/mol. The molecule has 118 valence electrons. The Hall–Kier alpha value is -1.56. The summed E-state index contributed by atoms with van der Waals surface area (Å²) in [5.74, 6) is -0.0388. The summed E-state index contributed by atoms with van der Waals surface area (Å²) >= 11 is 0. The summed E-state index contributed by atoms with van der Waals surface area (Å²) in [6.07, 6.45) is 2.49. The van der Waals surface area contributed by atoms with Gasteiger partial charge in [-0.1, -0.05) is 18.2 Å². The number of nitrogens with one attached hydrogen (secondary N) is 1. The molecule has 1 rings (SSSR count). The lowest BCUT2D eigenvalue weighted by Crippen LogP contribution is -2.44. The van der Waals surface area contributed by atoms with Gasteiger partial charge in [0.25, 0.3) is 0 Å². The quantitative estimate of drug-likeness (QED) is 0.747. The number of hydrogen-bond acceptors (Lipinski definition) is 4. The van der Waals surface area contributed by atoms with Crippen LogP contribution in [0.5, 0.6) is 0 Å². The van der Waals surface area contributed by atoms with Crippen molar-refractivity contribution >= 4 is 21.4 Å². The molecule has 0 atom stereocenters. The average Bonchev–Trinajstić information content (AvgIpc) is 2.34. The van der Waals surface area contributed by atoms with E-state index in [-0.39, 0.29) is 11.7 Å². The van der Waals surface area contributed by atoms with Gasteiger partial charge < -0.3 is 11.1 Å². The van der Waals surface area contributed by atoms with Crippen molar-refractivity contribution in [2.24, 2.45) is 0 Å². The van der Waals surface area contributed by atoms with Crippen LogP contribution >= 0.6 is 0 Å². The predicted octanol–water partition coefficient (Wildman–Crippen LogP) is 1.53. The predicted molar refractivity (Wildman–Crippen MR) is 85.7 cm³/mol. The number of amides is 1. The van der Waals surface area contributed by atoms with Gasteiger partial charge in [0.05, 0.1) is 5.75 Å². The van der Waals surface area contributed by atoms with Crippen LogP contribution in [-0.4, -0.2) is 31.9 Å². The number of carbonyl (C=O) groups is 1. The van der Waals surface area contributed by atoms with Crippen molar-refractivity contribution in [3.8, 4) is 0 Å². The van der Waals surface area contributed by atoms with Gasteiger partial charge in [0, 0.05) is 23.9 Å². The number of para-hydroxylation sites is 1. The Bertz CT molecular complexity index is 595. The molecule has 21 heavy (non-hydrogen) atoms. The highest BCUT2D eigenvalue weighted by atomic mass is 32.2. The third-order valence-electron chi connectivity index (χ3n) is 3.25. The Morgan fingerprint density at radius 2 is 1.90 bits per heavy atom. The zero-order valence-electron chi connectivity index (χ0n) is 12.8. The van der Waals surface area contributed by atoms with Crippen LogP contribution in [0.3, 0.4) is 0 Å². The number of aryl methyl sites for hydroxylation is 1. The molecule has 0 heterocycles. The zero-order chi connectivity index (χ0) is 16.1. The second-order valence-corrected chi connectivity index (χ2v) is 8.27. The van der Waals surface area contributed by atoms with Crippen molar-refractivity contribution in [2.45, 2.75) is 38.6 Å². The fourth-order valence-corrected chi connectivity index (χ4v) is 2.83. The molecule has 6 heteroatoms. The molecule has 0 saturated heterocycles. The topological polar surface area (TPSA) is 89.3 Å². The Morgan fingerprint density at radius 1 is 1.29 bits per heavy atom. The summed E-state index contributed by atoms with van der Waals surface area (Å²) in [6, 6.07) is 7.45. The first-order valence-corrected chi connectivity index (χ1v) is 8.97. The molecular formula is C15H24N2O3S. The molecule has 1 amide bonds. The van der Waals surface area contributed by atoms with Crippen LogP contribution in [0, 0.1) is 0 Å². The van der Waals surface area contributed by atoms with E-state index < -0.39 is 15.4 Å². The van der Waals surface area contributed by atoms with Crippen LogP contribution < -0.4 is 11.1 Å². The Balaban J connectivity index is 2.48. The Kier molecular flexibility index (Phi) is 5.78. The van der Waals surface area contributed by atoms with E-state index >= 15 is 0 Å². The standard InChI is InChI=1S/C15H24N2O3S/c1-15(2,10-11-21(3,19)20)17-14(18)9-8-12-6-4-5-7-13(12)16/h4-7H,8-11,16H2,1-3H3,(H,17,18). The zero-order valence-corrected chi connectivity index (χ0v) is 13.7. The second-order valence-electron chi connectivity index (χ2n) is 6.01. The number of sulfone groups is 1. The number of carbonyl (C=O) groups excluding carboxylic acids is 1. The van der Waals surface area contributed by atoms with Crippen LogP contribution in [0.2, 0.25) is 0 Å². The third-order valence-corrected chi connectivity index (χ3v) is 4.20. The maximum absolute atomic E-state index is 12.0. The van der Waals surface area contributed by atoms with Crippen LogP contribution in [0.1, 0.15) is 32.3 Å². The van der Waals surface area contributed by atoms with E-state index in [4.69, 9.17) is 5.73 Å². The van der Waals surface area contributed by atoms with Gasteiger partial charge in [0.2, 0.25) is 5.91 Å². The van der Waals surface area contributed by atoms with Gasteiger partial charge in [-0.2, -0.15) is 0 Å².